The van der Waals surface area contributed by atoms with Crippen molar-refractivity contribution >= 4 is 23.0 Å². The number of amidine groups is 1. The zero-order valence-corrected chi connectivity index (χ0v) is 13.2. The topological polar surface area (TPSA) is 78.8 Å². The summed E-state index contributed by atoms with van der Waals surface area (Å²) >= 11 is 6.33. The molecule has 0 spiro atoms. The van der Waals surface area contributed by atoms with Crippen molar-refractivity contribution in [3.05, 3.63) is 58.6 Å². The summed E-state index contributed by atoms with van der Waals surface area (Å²) in [4.78, 5) is 0. The first kappa shape index (κ1) is 15.4. The largest absolute Gasteiger partial charge is 0.508 e. The number of nitrogens with zero attached hydrogens (tertiary/aromatic N) is 1. The van der Waals surface area contributed by atoms with Crippen LogP contribution >= 0.6 is 11.6 Å². The molecule has 0 fully saturated rings. The Balaban J connectivity index is 2.29. The van der Waals surface area contributed by atoms with Crippen molar-refractivity contribution < 1.29 is 10.3 Å². The summed E-state index contributed by atoms with van der Waals surface area (Å²) in [5.74, 6) is 0.208. The van der Waals surface area contributed by atoms with Gasteiger partial charge in [0.25, 0.3) is 0 Å². The molecule has 4 nitrogen and oxygen atoms in total. The molecule has 0 atom stereocenters. The van der Waals surface area contributed by atoms with Gasteiger partial charge in [0.1, 0.15) is 5.75 Å². The lowest BCUT2D eigenvalue weighted by atomic mass is 9.89. The molecule has 0 unspecified atom stereocenters. The van der Waals surface area contributed by atoms with Crippen molar-refractivity contribution in [2.45, 2.75) is 19.3 Å². The van der Waals surface area contributed by atoms with E-state index >= 15 is 0 Å². The summed E-state index contributed by atoms with van der Waals surface area (Å²) in [6, 6.07) is 10.6. The van der Waals surface area contributed by atoms with Crippen molar-refractivity contribution in [1.82, 2.24) is 0 Å². The molecule has 0 bridgehead atoms. The number of allylic oxidation sites excluding steroid dienone is 2. The SMILES string of the molecule is NC(=NO)c1c(Cl)ccc(-c2ccc(O)cc2)c1C1=CCCC1. The number of hydrogen-bond donors (Lipinski definition) is 3. The Labute approximate surface area is 139 Å². The van der Waals surface area contributed by atoms with E-state index in [-0.39, 0.29) is 11.6 Å². The van der Waals surface area contributed by atoms with Crippen LogP contribution in [0.1, 0.15) is 30.4 Å². The van der Waals surface area contributed by atoms with Gasteiger partial charge in [-0.1, -0.05) is 41.0 Å². The van der Waals surface area contributed by atoms with Gasteiger partial charge in [0, 0.05) is 5.56 Å². The van der Waals surface area contributed by atoms with Gasteiger partial charge in [0.2, 0.25) is 0 Å². The van der Waals surface area contributed by atoms with Crippen LogP contribution in [0.2, 0.25) is 5.02 Å². The van der Waals surface area contributed by atoms with Crippen molar-refractivity contribution in [3.63, 3.8) is 0 Å². The molecule has 0 aromatic heterocycles. The van der Waals surface area contributed by atoms with E-state index in [0.29, 0.717) is 10.6 Å². The molecule has 3 rings (SSSR count). The molecule has 2 aromatic carbocycles. The fraction of sp³-hybridized carbons (Fsp3) is 0.167. The molecule has 0 radical (unpaired) electrons. The molecule has 118 valence electrons. The van der Waals surface area contributed by atoms with Gasteiger partial charge >= 0.3 is 0 Å². The maximum atomic E-state index is 9.50. The Hall–Kier alpha value is -2.46. The molecule has 4 N–H and O–H groups in total. The van der Waals surface area contributed by atoms with Crippen LogP contribution in [0.5, 0.6) is 5.75 Å². The van der Waals surface area contributed by atoms with Gasteiger partial charge < -0.3 is 16.0 Å². The van der Waals surface area contributed by atoms with E-state index < -0.39 is 0 Å². The number of phenols is 1. The first-order valence-electron chi connectivity index (χ1n) is 7.41. The highest BCUT2D eigenvalue weighted by atomic mass is 35.5. The molecular weight excluding hydrogens is 312 g/mol. The van der Waals surface area contributed by atoms with Crippen LogP contribution in [-0.4, -0.2) is 16.1 Å². The van der Waals surface area contributed by atoms with Gasteiger partial charge in [0.15, 0.2) is 5.84 Å². The summed E-state index contributed by atoms with van der Waals surface area (Å²) < 4.78 is 0. The second kappa shape index (κ2) is 6.34. The minimum atomic E-state index is -0.00146. The predicted octanol–water partition coefficient (Wildman–Crippen LogP) is 4.37. The van der Waals surface area contributed by atoms with E-state index in [1.807, 2.05) is 18.2 Å². The first-order valence-corrected chi connectivity index (χ1v) is 7.79. The average molecular weight is 329 g/mol. The third-order valence-electron chi connectivity index (χ3n) is 4.06. The maximum Gasteiger partial charge on any atom is 0.172 e. The van der Waals surface area contributed by atoms with Crippen LogP contribution < -0.4 is 5.73 Å². The Bertz CT molecular complexity index is 795. The number of hydrogen-bond acceptors (Lipinski definition) is 3. The van der Waals surface area contributed by atoms with Gasteiger partial charge in [-0.15, -0.1) is 0 Å². The van der Waals surface area contributed by atoms with Crippen LogP contribution in [-0.2, 0) is 0 Å². The molecule has 0 amide bonds. The van der Waals surface area contributed by atoms with E-state index in [9.17, 15) is 5.11 Å². The van der Waals surface area contributed by atoms with Gasteiger partial charge in [-0.05, 0) is 59.7 Å². The second-order valence-electron chi connectivity index (χ2n) is 5.50. The molecule has 0 heterocycles. The highest BCUT2D eigenvalue weighted by Crippen LogP contribution is 2.40. The molecule has 23 heavy (non-hydrogen) atoms. The average Bonchev–Trinajstić information content (AvgIpc) is 3.09. The van der Waals surface area contributed by atoms with E-state index in [1.165, 1.54) is 0 Å². The van der Waals surface area contributed by atoms with Crippen LogP contribution in [0.25, 0.3) is 16.7 Å². The Morgan fingerprint density at radius 3 is 2.48 bits per heavy atom. The van der Waals surface area contributed by atoms with E-state index in [2.05, 4.69) is 11.2 Å². The Kier molecular flexibility index (Phi) is 4.26. The second-order valence-corrected chi connectivity index (χ2v) is 5.91. The quantitative estimate of drug-likeness (QED) is 0.339. The number of oxime groups is 1. The Morgan fingerprint density at radius 1 is 1.13 bits per heavy atom. The van der Waals surface area contributed by atoms with Crippen molar-refractivity contribution in [1.29, 1.82) is 0 Å². The van der Waals surface area contributed by atoms with Gasteiger partial charge in [-0.3, -0.25) is 0 Å². The van der Waals surface area contributed by atoms with Crippen LogP contribution in [0.3, 0.4) is 0 Å². The fourth-order valence-corrected chi connectivity index (χ4v) is 3.24. The van der Waals surface area contributed by atoms with Gasteiger partial charge in [-0.2, -0.15) is 0 Å². The van der Waals surface area contributed by atoms with Crippen LogP contribution in [0.15, 0.2) is 47.6 Å². The lowest BCUT2D eigenvalue weighted by Gasteiger charge is -2.17. The standard InChI is InChI=1S/C18H17ClN2O2/c19-15-10-9-14(11-5-7-13(22)8-6-11)16(12-3-1-2-4-12)17(15)18(20)21-23/h3,5-10,22-23H,1-2,4H2,(H2,20,21). The van der Waals surface area contributed by atoms with Gasteiger partial charge in [-0.25, -0.2) is 0 Å². The molecule has 5 heteroatoms. The number of nitrogens with two attached hydrogens (primary N) is 1. The van der Waals surface area contributed by atoms with Crippen LogP contribution in [0, 0.1) is 0 Å². The fourth-order valence-electron chi connectivity index (χ4n) is 2.99. The molecule has 2 aromatic rings. The van der Waals surface area contributed by atoms with Crippen molar-refractivity contribution in [2.75, 3.05) is 0 Å². The number of halogens is 1. The van der Waals surface area contributed by atoms with Crippen molar-refractivity contribution in [3.8, 4) is 16.9 Å². The molecule has 1 aliphatic carbocycles. The minimum Gasteiger partial charge on any atom is -0.508 e. The molecule has 1 aliphatic rings. The monoisotopic (exact) mass is 328 g/mol. The summed E-state index contributed by atoms with van der Waals surface area (Å²) in [6.45, 7) is 0. The summed E-state index contributed by atoms with van der Waals surface area (Å²) in [7, 11) is 0. The number of rotatable bonds is 3. The summed E-state index contributed by atoms with van der Waals surface area (Å²) in [6.07, 6.45) is 5.18. The molecule has 0 aliphatic heterocycles. The smallest absolute Gasteiger partial charge is 0.172 e. The lowest BCUT2D eigenvalue weighted by molar-refractivity contribution is 0.318. The number of phenolic OH excluding ortho intramolecular Hbond substituents is 1. The zero-order valence-electron chi connectivity index (χ0n) is 12.5. The summed E-state index contributed by atoms with van der Waals surface area (Å²) in [5.41, 5.74) is 10.4. The number of aromatic hydroxyl groups is 1. The molecule has 0 saturated heterocycles. The lowest BCUT2D eigenvalue weighted by Crippen LogP contribution is -2.16. The highest BCUT2D eigenvalue weighted by Gasteiger charge is 2.21. The van der Waals surface area contributed by atoms with Crippen LogP contribution in [0.4, 0.5) is 0 Å². The third-order valence-corrected chi connectivity index (χ3v) is 4.37. The Morgan fingerprint density at radius 2 is 1.87 bits per heavy atom. The molecular formula is C18H17ClN2O2. The summed E-state index contributed by atoms with van der Waals surface area (Å²) in [5, 5.41) is 22.2. The number of benzene rings is 2. The third kappa shape index (κ3) is 2.90. The van der Waals surface area contributed by atoms with Gasteiger partial charge in [0.05, 0.1) is 5.02 Å². The normalized spacial score (nSPS) is 14.8. The first-order chi connectivity index (χ1) is 11.1. The van der Waals surface area contributed by atoms with E-state index in [0.717, 1.165) is 41.5 Å². The highest BCUT2D eigenvalue weighted by molar-refractivity contribution is 6.35. The predicted molar refractivity (Wildman–Crippen MR) is 92.9 cm³/mol. The molecule has 0 saturated carbocycles. The zero-order chi connectivity index (χ0) is 16.4. The van der Waals surface area contributed by atoms with E-state index in [1.54, 1.807) is 18.2 Å². The van der Waals surface area contributed by atoms with Crippen molar-refractivity contribution in [2.24, 2.45) is 10.9 Å². The minimum absolute atomic E-state index is 0.00146. The maximum absolute atomic E-state index is 9.50. The van der Waals surface area contributed by atoms with E-state index in [4.69, 9.17) is 22.5 Å².